The molecule has 2 heterocycles. The van der Waals surface area contributed by atoms with Crippen LogP contribution in [-0.2, 0) is 18.3 Å². The van der Waals surface area contributed by atoms with Gasteiger partial charge in [-0.05, 0) is 42.9 Å². The zero-order valence-corrected chi connectivity index (χ0v) is 18.6. The molecule has 1 aromatic heterocycles. The van der Waals surface area contributed by atoms with E-state index in [0.29, 0.717) is 22.5 Å². The third-order valence-corrected chi connectivity index (χ3v) is 6.94. The van der Waals surface area contributed by atoms with E-state index in [0.717, 1.165) is 43.1 Å². The van der Waals surface area contributed by atoms with Gasteiger partial charge in [-0.2, -0.15) is 0 Å². The number of halogens is 1. The van der Waals surface area contributed by atoms with Crippen molar-refractivity contribution in [2.24, 2.45) is 13.0 Å². The summed E-state index contributed by atoms with van der Waals surface area (Å²) in [7, 11) is 1.90. The quantitative estimate of drug-likeness (QED) is 0.521. The van der Waals surface area contributed by atoms with E-state index < -0.39 is 0 Å². The Balaban J connectivity index is 1.29. The van der Waals surface area contributed by atoms with Crippen LogP contribution in [0.15, 0.2) is 59.8 Å². The van der Waals surface area contributed by atoms with Crippen molar-refractivity contribution >= 4 is 29.3 Å². The number of piperidine rings is 1. The highest BCUT2D eigenvalue weighted by Crippen LogP contribution is 2.29. The lowest BCUT2D eigenvalue weighted by molar-refractivity contribution is -0.129. The van der Waals surface area contributed by atoms with Crippen LogP contribution in [0.1, 0.15) is 18.4 Å². The van der Waals surface area contributed by atoms with Gasteiger partial charge in [0.1, 0.15) is 0 Å². The summed E-state index contributed by atoms with van der Waals surface area (Å²) in [5.41, 5.74) is 2.22. The molecule has 7 heteroatoms. The molecular weight excluding hydrogens is 416 g/mol. The fourth-order valence-electron chi connectivity index (χ4n) is 3.87. The van der Waals surface area contributed by atoms with Gasteiger partial charge in [-0.15, -0.1) is 10.2 Å². The predicted octanol–water partition coefficient (Wildman–Crippen LogP) is 4.71. The summed E-state index contributed by atoms with van der Waals surface area (Å²) < 4.78 is 1.89. The van der Waals surface area contributed by atoms with Gasteiger partial charge in [0, 0.05) is 25.7 Å². The first-order chi connectivity index (χ1) is 14.6. The molecule has 0 bridgehead atoms. The molecule has 1 aliphatic heterocycles. The Bertz CT molecular complexity index is 999. The van der Waals surface area contributed by atoms with Gasteiger partial charge in [0.15, 0.2) is 11.0 Å². The standard InChI is InChI=1S/C23H25ClN4OS/c1-27-22(19-9-5-6-10-20(19)24)25-26-23(27)30-16-21(29)28-13-11-18(12-14-28)15-17-7-3-2-4-8-17/h2-10,18H,11-16H2,1H3. The van der Waals surface area contributed by atoms with Gasteiger partial charge in [-0.1, -0.05) is 65.8 Å². The average molecular weight is 441 g/mol. The van der Waals surface area contributed by atoms with Gasteiger partial charge in [-0.3, -0.25) is 4.79 Å². The summed E-state index contributed by atoms with van der Waals surface area (Å²) in [5, 5.41) is 9.88. The number of hydrogen-bond donors (Lipinski definition) is 0. The van der Waals surface area contributed by atoms with E-state index in [-0.39, 0.29) is 5.91 Å². The molecule has 1 aliphatic rings. The normalized spacial score (nSPS) is 14.8. The zero-order chi connectivity index (χ0) is 20.9. The number of nitrogens with zero attached hydrogens (tertiary/aromatic N) is 4. The first-order valence-electron chi connectivity index (χ1n) is 10.2. The van der Waals surface area contributed by atoms with Crippen LogP contribution in [0.5, 0.6) is 0 Å². The highest BCUT2D eigenvalue weighted by Gasteiger charge is 2.23. The minimum atomic E-state index is 0.167. The first kappa shape index (κ1) is 20.9. The molecule has 0 spiro atoms. The van der Waals surface area contributed by atoms with Crippen molar-refractivity contribution in [2.45, 2.75) is 24.4 Å². The second-order valence-corrected chi connectivity index (χ2v) is 9.00. The van der Waals surface area contributed by atoms with Gasteiger partial charge in [0.05, 0.1) is 10.8 Å². The van der Waals surface area contributed by atoms with Crippen LogP contribution in [-0.4, -0.2) is 44.4 Å². The zero-order valence-electron chi connectivity index (χ0n) is 17.0. The molecule has 2 aromatic carbocycles. The molecule has 156 valence electrons. The van der Waals surface area contributed by atoms with Crippen LogP contribution >= 0.6 is 23.4 Å². The van der Waals surface area contributed by atoms with Crippen LogP contribution in [0.4, 0.5) is 0 Å². The fourth-order valence-corrected chi connectivity index (χ4v) is 4.90. The summed E-state index contributed by atoms with van der Waals surface area (Å²) in [6, 6.07) is 18.2. The maximum absolute atomic E-state index is 12.7. The van der Waals surface area contributed by atoms with Crippen molar-refractivity contribution in [1.82, 2.24) is 19.7 Å². The Labute approximate surface area is 186 Å². The Morgan fingerprint density at radius 2 is 1.77 bits per heavy atom. The topological polar surface area (TPSA) is 51.0 Å². The van der Waals surface area contributed by atoms with Gasteiger partial charge in [0.2, 0.25) is 5.91 Å². The number of carbonyl (C=O) groups excluding carboxylic acids is 1. The van der Waals surface area contributed by atoms with Gasteiger partial charge < -0.3 is 9.47 Å². The summed E-state index contributed by atoms with van der Waals surface area (Å²) >= 11 is 7.71. The summed E-state index contributed by atoms with van der Waals surface area (Å²) in [4.78, 5) is 14.7. The van der Waals surface area contributed by atoms with Crippen molar-refractivity contribution in [2.75, 3.05) is 18.8 Å². The number of amides is 1. The lowest BCUT2D eigenvalue weighted by Gasteiger charge is -2.32. The number of thioether (sulfide) groups is 1. The molecule has 1 amide bonds. The van der Waals surface area contributed by atoms with Crippen molar-refractivity contribution in [1.29, 1.82) is 0 Å². The maximum atomic E-state index is 12.7. The molecule has 0 atom stereocenters. The van der Waals surface area contributed by atoms with Crippen LogP contribution in [0.2, 0.25) is 5.02 Å². The van der Waals surface area contributed by atoms with Crippen molar-refractivity contribution in [3.63, 3.8) is 0 Å². The summed E-state index contributed by atoms with van der Waals surface area (Å²) in [6.07, 6.45) is 3.22. The minimum absolute atomic E-state index is 0.167. The third-order valence-electron chi connectivity index (χ3n) is 5.61. The smallest absolute Gasteiger partial charge is 0.233 e. The maximum Gasteiger partial charge on any atom is 0.233 e. The largest absolute Gasteiger partial charge is 0.342 e. The fraction of sp³-hybridized carbons (Fsp3) is 0.348. The van der Waals surface area contributed by atoms with E-state index in [1.165, 1.54) is 17.3 Å². The second-order valence-electron chi connectivity index (χ2n) is 7.65. The van der Waals surface area contributed by atoms with E-state index in [1.54, 1.807) is 0 Å². The Morgan fingerprint density at radius 3 is 2.50 bits per heavy atom. The Morgan fingerprint density at radius 1 is 1.07 bits per heavy atom. The number of aromatic nitrogens is 3. The van der Waals surface area contributed by atoms with Gasteiger partial charge in [-0.25, -0.2) is 0 Å². The molecule has 1 fully saturated rings. The number of likely N-dealkylation sites (tertiary alicyclic amines) is 1. The molecule has 30 heavy (non-hydrogen) atoms. The van der Waals surface area contributed by atoms with Crippen LogP contribution in [0, 0.1) is 5.92 Å². The molecule has 0 saturated carbocycles. The lowest BCUT2D eigenvalue weighted by Crippen LogP contribution is -2.39. The van der Waals surface area contributed by atoms with E-state index >= 15 is 0 Å². The molecule has 0 radical (unpaired) electrons. The molecule has 0 aliphatic carbocycles. The number of rotatable bonds is 6. The highest BCUT2D eigenvalue weighted by atomic mass is 35.5. The molecule has 5 nitrogen and oxygen atoms in total. The monoisotopic (exact) mass is 440 g/mol. The molecule has 0 unspecified atom stereocenters. The van der Waals surface area contributed by atoms with Crippen LogP contribution in [0.3, 0.4) is 0 Å². The van der Waals surface area contributed by atoms with Crippen LogP contribution in [0.25, 0.3) is 11.4 Å². The summed E-state index contributed by atoms with van der Waals surface area (Å²) in [6.45, 7) is 1.67. The Kier molecular flexibility index (Phi) is 6.75. The lowest BCUT2D eigenvalue weighted by atomic mass is 9.90. The third kappa shape index (κ3) is 4.87. The molecule has 1 saturated heterocycles. The van der Waals surface area contributed by atoms with Crippen molar-refractivity contribution in [3.8, 4) is 11.4 Å². The minimum Gasteiger partial charge on any atom is -0.342 e. The van der Waals surface area contributed by atoms with Crippen molar-refractivity contribution < 1.29 is 4.79 Å². The van der Waals surface area contributed by atoms with E-state index in [1.807, 2.05) is 40.8 Å². The van der Waals surface area contributed by atoms with Gasteiger partial charge in [0.25, 0.3) is 0 Å². The van der Waals surface area contributed by atoms with Crippen molar-refractivity contribution in [3.05, 3.63) is 65.2 Å². The number of hydrogen-bond acceptors (Lipinski definition) is 4. The number of carbonyl (C=O) groups is 1. The predicted molar refractivity (Wildman–Crippen MR) is 122 cm³/mol. The first-order valence-corrected chi connectivity index (χ1v) is 11.6. The summed E-state index contributed by atoms with van der Waals surface area (Å²) in [5.74, 6) is 1.90. The highest BCUT2D eigenvalue weighted by molar-refractivity contribution is 7.99. The van der Waals surface area contributed by atoms with E-state index in [9.17, 15) is 4.79 Å². The Hall–Kier alpha value is -2.31. The average Bonchev–Trinajstić information content (AvgIpc) is 3.14. The van der Waals surface area contributed by atoms with Crippen LogP contribution < -0.4 is 0 Å². The van der Waals surface area contributed by atoms with E-state index in [4.69, 9.17) is 11.6 Å². The van der Waals surface area contributed by atoms with Gasteiger partial charge >= 0.3 is 0 Å². The molecule has 4 rings (SSSR count). The molecular formula is C23H25ClN4OS. The molecule has 3 aromatic rings. The molecule has 0 N–H and O–H groups in total. The SMILES string of the molecule is Cn1c(SCC(=O)N2CCC(Cc3ccccc3)CC2)nnc1-c1ccccc1Cl. The van der Waals surface area contributed by atoms with E-state index in [2.05, 4.69) is 40.5 Å². The second kappa shape index (κ2) is 9.67. The number of benzene rings is 2.